The van der Waals surface area contributed by atoms with Crippen molar-refractivity contribution in [1.29, 1.82) is 0 Å². The van der Waals surface area contributed by atoms with Crippen molar-refractivity contribution in [3.05, 3.63) is 0 Å². The van der Waals surface area contributed by atoms with Gasteiger partial charge in [0.15, 0.2) is 0 Å². The summed E-state index contributed by atoms with van der Waals surface area (Å²) in [5.74, 6) is 0.281. The van der Waals surface area contributed by atoms with Gasteiger partial charge in [-0.3, -0.25) is 9.59 Å². The van der Waals surface area contributed by atoms with Gasteiger partial charge in [0.2, 0.25) is 11.8 Å². The summed E-state index contributed by atoms with van der Waals surface area (Å²) in [6.45, 7) is 6.84. The van der Waals surface area contributed by atoms with Crippen LogP contribution in [0, 0.1) is 0 Å². The number of rotatable bonds is 5. The van der Waals surface area contributed by atoms with Crippen LogP contribution < -0.4 is 5.32 Å². The normalized spacial score (nSPS) is 25.5. The molecule has 0 spiro atoms. The van der Waals surface area contributed by atoms with Gasteiger partial charge in [-0.2, -0.15) is 0 Å². The van der Waals surface area contributed by atoms with E-state index in [0.717, 1.165) is 38.8 Å². The van der Waals surface area contributed by atoms with E-state index in [0.29, 0.717) is 12.6 Å². The molecule has 2 saturated heterocycles. The van der Waals surface area contributed by atoms with Gasteiger partial charge in [0.25, 0.3) is 0 Å². The Morgan fingerprint density at radius 2 is 2.16 bits per heavy atom. The Kier molecular flexibility index (Phi) is 4.80. The van der Waals surface area contributed by atoms with Crippen molar-refractivity contribution in [2.75, 3.05) is 26.2 Å². The summed E-state index contributed by atoms with van der Waals surface area (Å²) in [6, 6.07) is 0.210. The quantitative estimate of drug-likeness (QED) is 0.793. The zero-order valence-electron chi connectivity index (χ0n) is 12.0. The third-order valence-corrected chi connectivity index (χ3v) is 4.13. The van der Waals surface area contributed by atoms with E-state index in [1.807, 2.05) is 0 Å². The van der Waals surface area contributed by atoms with Crippen LogP contribution >= 0.6 is 0 Å². The van der Waals surface area contributed by atoms with E-state index in [1.165, 1.54) is 0 Å². The molecule has 2 amide bonds. The number of nitrogens with one attached hydrogen (secondary N) is 1. The lowest BCUT2D eigenvalue weighted by Gasteiger charge is -2.43. The fourth-order valence-corrected chi connectivity index (χ4v) is 3.02. The fraction of sp³-hybridized carbons (Fsp3) is 0.857. The summed E-state index contributed by atoms with van der Waals surface area (Å²) in [6.07, 6.45) is 3.83. The topological polar surface area (TPSA) is 52.7 Å². The number of hydrogen-bond acceptors (Lipinski definition) is 3. The van der Waals surface area contributed by atoms with Crippen molar-refractivity contribution in [3.63, 3.8) is 0 Å². The third kappa shape index (κ3) is 3.26. The molecule has 108 valence electrons. The summed E-state index contributed by atoms with van der Waals surface area (Å²) in [5, 5.41) is 3.33. The van der Waals surface area contributed by atoms with Crippen molar-refractivity contribution in [2.45, 2.75) is 51.6 Å². The van der Waals surface area contributed by atoms with Crippen LogP contribution in [0.15, 0.2) is 0 Å². The lowest BCUT2D eigenvalue weighted by Crippen LogP contribution is -2.61. The minimum atomic E-state index is -0.176. The molecule has 0 aliphatic carbocycles. The maximum absolute atomic E-state index is 12.4. The number of amides is 2. The predicted molar refractivity (Wildman–Crippen MR) is 73.7 cm³/mol. The summed E-state index contributed by atoms with van der Waals surface area (Å²) in [7, 11) is 0. The first-order valence-corrected chi connectivity index (χ1v) is 7.45. The van der Waals surface area contributed by atoms with Gasteiger partial charge in [-0.05, 0) is 39.2 Å². The van der Waals surface area contributed by atoms with E-state index < -0.39 is 0 Å². The molecule has 0 bridgehead atoms. The van der Waals surface area contributed by atoms with Crippen LogP contribution in [0.4, 0.5) is 0 Å². The molecule has 2 fully saturated rings. The summed E-state index contributed by atoms with van der Waals surface area (Å²) >= 11 is 0. The molecule has 2 aliphatic heterocycles. The molecular weight excluding hydrogens is 242 g/mol. The number of carbonyl (C=O) groups is 2. The molecule has 0 saturated carbocycles. The van der Waals surface area contributed by atoms with E-state index in [-0.39, 0.29) is 24.4 Å². The molecule has 5 nitrogen and oxygen atoms in total. The Hall–Kier alpha value is -1.10. The molecule has 2 unspecified atom stereocenters. The molecule has 1 N–H and O–H groups in total. The highest BCUT2D eigenvalue weighted by Crippen LogP contribution is 2.23. The van der Waals surface area contributed by atoms with Crippen molar-refractivity contribution in [1.82, 2.24) is 15.1 Å². The number of fused-ring (bicyclic) bond motifs is 1. The highest BCUT2D eigenvalue weighted by molar-refractivity contribution is 5.95. The van der Waals surface area contributed by atoms with Gasteiger partial charge in [-0.25, -0.2) is 0 Å². The first kappa shape index (κ1) is 14.3. The average molecular weight is 267 g/mol. The third-order valence-electron chi connectivity index (χ3n) is 4.13. The average Bonchev–Trinajstić information content (AvgIpc) is 2.42. The van der Waals surface area contributed by atoms with Gasteiger partial charge >= 0.3 is 0 Å². The Morgan fingerprint density at radius 1 is 1.37 bits per heavy atom. The molecular formula is C14H25N3O2. The second kappa shape index (κ2) is 6.37. The number of piperazine rings is 1. The smallest absolute Gasteiger partial charge is 0.245 e. The second-order valence-electron chi connectivity index (χ2n) is 5.61. The van der Waals surface area contributed by atoms with Crippen LogP contribution in [0.3, 0.4) is 0 Å². The SMILES string of the molecule is CCNC(C)CCN1CC(=O)N2CCCCC2C1=O. The van der Waals surface area contributed by atoms with Crippen molar-refractivity contribution in [3.8, 4) is 0 Å². The van der Waals surface area contributed by atoms with Gasteiger partial charge < -0.3 is 15.1 Å². The molecule has 0 aromatic rings. The molecule has 2 rings (SSSR count). The number of nitrogens with zero attached hydrogens (tertiary/aromatic N) is 2. The summed E-state index contributed by atoms with van der Waals surface area (Å²) in [5.41, 5.74) is 0. The molecule has 5 heteroatoms. The fourth-order valence-electron chi connectivity index (χ4n) is 3.02. The van der Waals surface area contributed by atoms with Crippen molar-refractivity contribution >= 4 is 11.8 Å². The minimum absolute atomic E-state index is 0.125. The molecule has 2 heterocycles. The van der Waals surface area contributed by atoms with Gasteiger partial charge in [0, 0.05) is 19.1 Å². The second-order valence-corrected chi connectivity index (χ2v) is 5.61. The van der Waals surface area contributed by atoms with Crippen LogP contribution in [-0.2, 0) is 9.59 Å². The Bertz CT molecular complexity index is 346. The molecule has 0 radical (unpaired) electrons. The number of piperidine rings is 1. The zero-order valence-corrected chi connectivity index (χ0v) is 12.0. The van der Waals surface area contributed by atoms with Gasteiger partial charge in [0.05, 0.1) is 6.54 Å². The zero-order chi connectivity index (χ0) is 13.8. The first-order chi connectivity index (χ1) is 9.13. The van der Waals surface area contributed by atoms with Gasteiger partial charge in [-0.15, -0.1) is 0 Å². The lowest BCUT2D eigenvalue weighted by molar-refractivity contribution is -0.157. The molecule has 19 heavy (non-hydrogen) atoms. The highest BCUT2D eigenvalue weighted by Gasteiger charge is 2.39. The van der Waals surface area contributed by atoms with E-state index in [4.69, 9.17) is 0 Å². The van der Waals surface area contributed by atoms with Crippen molar-refractivity contribution < 1.29 is 9.59 Å². The van der Waals surface area contributed by atoms with Crippen LogP contribution in [0.1, 0.15) is 39.5 Å². The maximum Gasteiger partial charge on any atom is 0.245 e. The minimum Gasteiger partial charge on any atom is -0.332 e. The predicted octanol–water partition coefficient (Wildman–Crippen LogP) is 0.598. The summed E-state index contributed by atoms with van der Waals surface area (Å²) in [4.78, 5) is 28.0. The Balaban J connectivity index is 1.91. The molecule has 0 aromatic heterocycles. The maximum atomic E-state index is 12.4. The highest BCUT2D eigenvalue weighted by atomic mass is 16.2. The largest absolute Gasteiger partial charge is 0.332 e. The number of carbonyl (C=O) groups excluding carboxylic acids is 2. The molecule has 2 atom stereocenters. The van der Waals surface area contributed by atoms with Crippen LogP contribution in [0.2, 0.25) is 0 Å². The molecule has 0 aromatic carbocycles. The van der Waals surface area contributed by atoms with Crippen LogP contribution in [0.25, 0.3) is 0 Å². The lowest BCUT2D eigenvalue weighted by atomic mass is 9.98. The summed E-state index contributed by atoms with van der Waals surface area (Å²) < 4.78 is 0. The van der Waals surface area contributed by atoms with Crippen molar-refractivity contribution in [2.24, 2.45) is 0 Å². The monoisotopic (exact) mass is 267 g/mol. The van der Waals surface area contributed by atoms with E-state index in [9.17, 15) is 9.59 Å². The standard InChI is InChI=1S/C14H25N3O2/c1-3-15-11(2)7-9-16-10-13(18)17-8-5-4-6-12(17)14(16)19/h11-12,15H,3-10H2,1-2H3. The van der Waals surface area contributed by atoms with E-state index >= 15 is 0 Å². The number of hydrogen-bond donors (Lipinski definition) is 1. The van der Waals surface area contributed by atoms with E-state index in [1.54, 1.807) is 9.80 Å². The van der Waals surface area contributed by atoms with Gasteiger partial charge in [0.1, 0.15) is 6.04 Å². The first-order valence-electron chi connectivity index (χ1n) is 7.45. The molecule has 2 aliphatic rings. The Morgan fingerprint density at radius 3 is 2.89 bits per heavy atom. The van der Waals surface area contributed by atoms with Crippen LogP contribution in [0.5, 0.6) is 0 Å². The van der Waals surface area contributed by atoms with Gasteiger partial charge in [-0.1, -0.05) is 6.92 Å². The Labute approximate surface area is 115 Å². The van der Waals surface area contributed by atoms with Crippen LogP contribution in [-0.4, -0.2) is 59.9 Å². The van der Waals surface area contributed by atoms with E-state index in [2.05, 4.69) is 19.2 Å².